The van der Waals surface area contributed by atoms with Crippen LogP contribution in [0.3, 0.4) is 0 Å². The molecule has 1 atom stereocenters. The predicted octanol–water partition coefficient (Wildman–Crippen LogP) is 5.44. The summed E-state index contributed by atoms with van der Waals surface area (Å²) in [6.45, 7) is 2.84. The minimum absolute atomic E-state index is 0.0887. The van der Waals surface area contributed by atoms with Gasteiger partial charge in [-0.15, -0.1) is 0 Å². The van der Waals surface area contributed by atoms with Gasteiger partial charge in [0.2, 0.25) is 5.88 Å². The van der Waals surface area contributed by atoms with Crippen molar-refractivity contribution in [3.63, 3.8) is 0 Å². The molecule has 0 aliphatic rings. The summed E-state index contributed by atoms with van der Waals surface area (Å²) >= 11 is 0. The number of hydrogen-bond acceptors (Lipinski definition) is 8. The molecule has 1 heterocycles. The molecule has 0 bridgehead atoms. The van der Waals surface area contributed by atoms with Crippen molar-refractivity contribution < 1.29 is 33.0 Å². The number of amides is 2. The molecule has 0 spiro atoms. The Kier molecular flexibility index (Phi) is 9.81. The van der Waals surface area contributed by atoms with E-state index in [9.17, 15) is 19.6 Å². The Morgan fingerprint density at radius 3 is 1.98 bits per heavy atom. The highest BCUT2D eigenvalue weighted by atomic mass is 16.5. The summed E-state index contributed by atoms with van der Waals surface area (Å²) in [4.78, 5) is 38.4. The monoisotopic (exact) mass is 581 g/mol. The Labute approximate surface area is 249 Å². The van der Waals surface area contributed by atoms with Crippen LogP contribution in [0.4, 0.5) is 5.88 Å². The maximum Gasteiger partial charge on any atom is 0.329 e. The van der Waals surface area contributed by atoms with Gasteiger partial charge in [0.05, 0.1) is 14.2 Å². The van der Waals surface area contributed by atoms with E-state index in [1.807, 2.05) is 0 Å². The third kappa shape index (κ3) is 7.21. The van der Waals surface area contributed by atoms with E-state index in [4.69, 9.17) is 18.6 Å². The molecule has 0 aliphatic carbocycles. The lowest BCUT2D eigenvalue weighted by molar-refractivity contribution is -0.150. The van der Waals surface area contributed by atoms with Gasteiger partial charge in [0, 0.05) is 16.7 Å². The smallest absolute Gasteiger partial charge is 0.329 e. The molecule has 3 aromatic carbocycles. The Balaban J connectivity index is 1.55. The fourth-order valence-corrected chi connectivity index (χ4v) is 4.31. The molecule has 0 fully saturated rings. The van der Waals surface area contributed by atoms with Crippen molar-refractivity contribution in [1.29, 1.82) is 5.26 Å². The number of benzene rings is 3. The molecule has 1 aromatic heterocycles. The van der Waals surface area contributed by atoms with Crippen LogP contribution in [0.5, 0.6) is 11.5 Å². The van der Waals surface area contributed by atoms with E-state index in [1.54, 1.807) is 107 Å². The quantitative estimate of drug-likeness (QED) is 0.223. The van der Waals surface area contributed by atoms with Crippen molar-refractivity contribution in [1.82, 2.24) is 5.32 Å². The number of nitrogens with one attached hydrogen (secondary N) is 2. The number of rotatable bonds is 11. The molecule has 0 saturated carbocycles. The van der Waals surface area contributed by atoms with E-state index in [-0.39, 0.29) is 17.4 Å². The van der Waals surface area contributed by atoms with Gasteiger partial charge in [-0.05, 0) is 60.0 Å². The summed E-state index contributed by atoms with van der Waals surface area (Å²) in [5.41, 5.74) is 2.24. The minimum atomic E-state index is -0.984. The summed E-state index contributed by atoms with van der Waals surface area (Å²) in [5, 5.41) is 15.3. The zero-order valence-electron chi connectivity index (χ0n) is 24.2. The van der Waals surface area contributed by atoms with Gasteiger partial charge in [0.15, 0.2) is 6.61 Å². The molecule has 220 valence electrons. The van der Waals surface area contributed by atoms with E-state index in [0.717, 1.165) is 0 Å². The van der Waals surface area contributed by atoms with Crippen molar-refractivity contribution in [2.75, 3.05) is 26.1 Å². The van der Waals surface area contributed by atoms with E-state index in [1.165, 1.54) is 0 Å². The van der Waals surface area contributed by atoms with Gasteiger partial charge in [0.1, 0.15) is 34.9 Å². The van der Waals surface area contributed by atoms with Gasteiger partial charge in [-0.1, -0.05) is 44.2 Å². The van der Waals surface area contributed by atoms with Gasteiger partial charge in [-0.25, -0.2) is 4.79 Å². The van der Waals surface area contributed by atoms with Crippen LogP contribution in [-0.4, -0.2) is 44.7 Å². The van der Waals surface area contributed by atoms with Crippen molar-refractivity contribution in [2.24, 2.45) is 5.92 Å². The van der Waals surface area contributed by atoms with Gasteiger partial charge in [-0.3, -0.25) is 14.9 Å². The molecule has 4 aromatic rings. The largest absolute Gasteiger partial charge is 0.497 e. The van der Waals surface area contributed by atoms with Crippen LogP contribution in [0.1, 0.15) is 29.8 Å². The topological polar surface area (TPSA) is 140 Å². The maximum absolute atomic E-state index is 12.9. The number of anilines is 1. The summed E-state index contributed by atoms with van der Waals surface area (Å²) in [5.74, 6) is -0.725. The molecular formula is C33H31N3O7. The molecule has 0 aliphatic heterocycles. The summed E-state index contributed by atoms with van der Waals surface area (Å²) < 4.78 is 21.8. The van der Waals surface area contributed by atoms with Crippen LogP contribution in [0.25, 0.3) is 22.5 Å². The van der Waals surface area contributed by atoms with Gasteiger partial charge in [0.25, 0.3) is 11.8 Å². The lowest BCUT2D eigenvalue weighted by atomic mass is 9.98. The van der Waals surface area contributed by atoms with E-state index >= 15 is 0 Å². The first-order chi connectivity index (χ1) is 20.7. The molecule has 0 radical (unpaired) electrons. The maximum atomic E-state index is 12.9. The van der Waals surface area contributed by atoms with Crippen LogP contribution in [0.15, 0.2) is 83.3 Å². The highest BCUT2D eigenvalue weighted by molar-refractivity contribution is 5.98. The minimum Gasteiger partial charge on any atom is -0.497 e. The summed E-state index contributed by atoms with van der Waals surface area (Å²) in [6, 6.07) is 23.7. The Hall–Kier alpha value is -5.56. The normalized spacial score (nSPS) is 11.3. The highest BCUT2D eigenvalue weighted by Gasteiger charge is 2.28. The second-order valence-corrected chi connectivity index (χ2v) is 9.80. The van der Waals surface area contributed by atoms with E-state index in [0.29, 0.717) is 39.5 Å². The Morgan fingerprint density at radius 2 is 1.44 bits per heavy atom. The Bertz CT molecular complexity index is 1620. The number of carbonyl (C=O) groups is 3. The summed E-state index contributed by atoms with van der Waals surface area (Å²) in [7, 11) is 3.11. The molecule has 0 unspecified atom stereocenters. The average molecular weight is 582 g/mol. The third-order valence-electron chi connectivity index (χ3n) is 6.59. The lowest BCUT2D eigenvalue weighted by Crippen LogP contribution is -2.45. The molecule has 43 heavy (non-hydrogen) atoms. The fraction of sp³-hybridized carbons (Fsp3) is 0.212. The van der Waals surface area contributed by atoms with Crippen LogP contribution in [0, 0.1) is 17.2 Å². The molecule has 2 N–H and O–H groups in total. The van der Waals surface area contributed by atoms with Gasteiger partial charge < -0.3 is 23.9 Å². The molecule has 2 amide bonds. The van der Waals surface area contributed by atoms with Crippen LogP contribution < -0.4 is 20.1 Å². The first-order valence-electron chi connectivity index (χ1n) is 13.4. The molecule has 10 heteroatoms. The fourth-order valence-electron chi connectivity index (χ4n) is 4.31. The van der Waals surface area contributed by atoms with Crippen LogP contribution in [0.2, 0.25) is 0 Å². The molecular weight excluding hydrogens is 550 g/mol. The van der Waals surface area contributed by atoms with E-state index in [2.05, 4.69) is 16.7 Å². The average Bonchev–Trinajstić information content (AvgIpc) is 3.40. The predicted molar refractivity (Wildman–Crippen MR) is 160 cm³/mol. The van der Waals surface area contributed by atoms with Crippen LogP contribution >= 0.6 is 0 Å². The van der Waals surface area contributed by atoms with Gasteiger partial charge in [-0.2, -0.15) is 5.26 Å². The number of nitriles is 1. The summed E-state index contributed by atoms with van der Waals surface area (Å²) in [6.07, 6.45) is 0. The SMILES string of the molecule is COc1ccc(-c2oc(NC(=O)COC(=O)[C@H](NC(=O)c3ccccc3)C(C)C)c(C#N)c2-c2ccc(OC)cc2)cc1. The lowest BCUT2D eigenvalue weighted by Gasteiger charge is -2.20. The van der Waals surface area contributed by atoms with Crippen molar-refractivity contribution in [2.45, 2.75) is 19.9 Å². The van der Waals surface area contributed by atoms with Crippen molar-refractivity contribution in [3.8, 4) is 40.0 Å². The Morgan fingerprint density at radius 1 is 0.860 bits per heavy atom. The van der Waals surface area contributed by atoms with E-state index < -0.39 is 30.4 Å². The zero-order valence-corrected chi connectivity index (χ0v) is 24.2. The number of carbonyl (C=O) groups excluding carboxylic acids is 3. The molecule has 0 saturated heterocycles. The first kappa shape index (κ1) is 30.4. The number of ether oxygens (including phenoxy) is 3. The molecule has 10 nitrogen and oxygen atoms in total. The second-order valence-electron chi connectivity index (χ2n) is 9.80. The zero-order chi connectivity index (χ0) is 30.9. The number of nitrogens with zero attached hydrogens (tertiary/aromatic N) is 1. The number of methoxy groups -OCH3 is 2. The first-order valence-corrected chi connectivity index (χ1v) is 13.4. The van der Waals surface area contributed by atoms with Gasteiger partial charge >= 0.3 is 5.97 Å². The van der Waals surface area contributed by atoms with Crippen LogP contribution in [-0.2, 0) is 14.3 Å². The third-order valence-corrected chi connectivity index (χ3v) is 6.59. The standard InChI is InChI=1S/C33H31N3O7/c1-20(2)29(36-31(38)23-8-6-5-7-9-23)33(39)42-19-27(37)35-32-26(18-34)28(21-10-14-24(40-3)15-11-21)30(43-32)22-12-16-25(41-4)17-13-22/h5-17,20,29H,19H2,1-4H3,(H,35,37)(H,36,38)/t29-/m1/s1. The number of hydrogen-bond donors (Lipinski definition) is 2. The van der Waals surface area contributed by atoms with Crippen molar-refractivity contribution >= 4 is 23.7 Å². The molecule has 4 rings (SSSR count). The van der Waals surface area contributed by atoms with Crippen molar-refractivity contribution in [3.05, 3.63) is 90.0 Å². The second kappa shape index (κ2) is 13.9. The highest BCUT2D eigenvalue weighted by Crippen LogP contribution is 2.42. The number of furan rings is 1. The number of esters is 1.